The number of aliphatic hydroxyl groups is 1. The van der Waals surface area contributed by atoms with Gasteiger partial charge in [-0.1, -0.05) is 258 Å². The van der Waals surface area contributed by atoms with Crippen molar-refractivity contribution in [3.05, 3.63) is 0 Å². The molecule has 52 heavy (non-hydrogen) atoms. The molecule has 0 aliphatic heterocycles. The summed E-state index contributed by atoms with van der Waals surface area (Å²) in [6, 6.07) is 0. The Hall–Kier alpha value is -0.610. The van der Waals surface area contributed by atoms with Crippen molar-refractivity contribution in [3.8, 4) is 0 Å². The molecule has 1 unspecified atom stereocenters. The minimum atomic E-state index is -0.525. The molecule has 0 radical (unpaired) electrons. The van der Waals surface area contributed by atoms with E-state index in [0.717, 1.165) is 19.3 Å². The number of rotatable bonds is 46. The molecule has 0 spiro atoms. The Kier molecular flexibility index (Phi) is 46.0. The average Bonchev–Trinajstić information content (AvgIpc) is 3.15. The van der Waals surface area contributed by atoms with Crippen molar-refractivity contribution in [3.63, 3.8) is 0 Å². The predicted octanol–water partition coefficient (Wildman–Crippen LogP) is 15.9. The molecule has 4 nitrogen and oxygen atoms in total. The number of aliphatic hydroxyl groups excluding tert-OH is 1. The molecule has 0 aliphatic rings. The van der Waals surface area contributed by atoms with Gasteiger partial charge in [-0.3, -0.25) is 4.79 Å². The molecule has 1 atom stereocenters. The van der Waals surface area contributed by atoms with Crippen molar-refractivity contribution >= 4 is 5.97 Å². The Bertz CT molecular complexity index is 652. The lowest BCUT2D eigenvalue weighted by Crippen LogP contribution is -2.27. The molecule has 0 aromatic rings. The van der Waals surface area contributed by atoms with E-state index in [1.165, 1.54) is 238 Å². The molecule has 0 aliphatic carbocycles. The van der Waals surface area contributed by atoms with Gasteiger partial charge in [0.25, 0.3) is 0 Å². The molecular weight excluding hydrogens is 641 g/mol. The van der Waals surface area contributed by atoms with Crippen molar-refractivity contribution in [1.82, 2.24) is 0 Å². The van der Waals surface area contributed by atoms with Crippen LogP contribution in [0.3, 0.4) is 0 Å². The summed E-state index contributed by atoms with van der Waals surface area (Å²) in [5.41, 5.74) is 0. The zero-order valence-corrected chi connectivity index (χ0v) is 35.9. The first-order valence-corrected chi connectivity index (χ1v) is 24.1. The van der Waals surface area contributed by atoms with Gasteiger partial charge in [0, 0.05) is 13.0 Å². The van der Waals surface area contributed by atoms with Crippen LogP contribution in [0.15, 0.2) is 0 Å². The molecule has 312 valence electrons. The van der Waals surface area contributed by atoms with E-state index in [9.17, 15) is 9.90 Å². The second-order valence-corrected chi connectivity index (χ2v) is 16.6. The van der Waals surface area contributed by atoms with E-state index in [-0.39, 0.29) is 12.6 Å². The Morgan fingerprint density at radius 2 is 0.635 bits per heavy atom. The highest BCUT2D eigenvalue weighted by molar-refractivity contribution is 5.69. The number of hydrogen-bond donors (Lipinski definition) is 1. The summed E-state index contributed by atoms with van der Waals surface area (Å²) in [4.78, 5) is 12.2. The Balaban J connectivity index is 3.32. The van der Waals surface area contributed by atoms with Gasteiger partial charge in [-0.05, 0) is 12.8 Å². The molecule has 0 rings (SSSR count). The van der Waals surface area contributed by atoms with E-state index in [2.05, 4.69) is 13.8 Å². The average molecular weight is 737 g/mol. The second kappa shape index (κ2) is 46.5. The van der Waals surface area contributed by atoms with Crippen molar-refractivity contribution in [2.75, 3.05) is 19.8 Å². The fourth-order valence-corrected chi connectivity index (χ4v) is 7.57. The maximum atomic E-state index is 12.2. The number of hydrogen-bond acceptors (Lipinski definition) is 4. The van der Waals surface area contributed by atoms with Gasteiger partial charge in [0.2, 0.25) is 0 Å². The van der Waals surface area contributed by atoms with E-state index < -0.39 is 6.10 Å². The summed E-state index contributed by atoms with van der Waals surface area (Å²) < 4.78 is 11.2. The minimum Gasteiger partial charge on any atom is -0.457 e. The van der Waals surface area contributed by atoms with Gasteiger partial charge in [0.15, 0.2) is 0 Å². The number of unbranched alkanes of at least 4 members (excludes halogenated alkanes) is 38. The molecule has 0 heterocycles. The summed E-state index contributed by atoms with van der Waals surface area (Å²) in [5, 5.41) is 9.63. The van der Waals surface area contributed by atoms with Crippen molar-refractivity contribution < 1.29 is 19.4 Å². The number of ether oxygens (including phenoxy) is 2. The third-order valence-electron chi connectivity index (χ3n) is 11.2. The smallest absolute Gasteiger partial charge is 0.306 e. The Morgan fingerprint density at radius 3 is 0.904 bits per heavy atom. The number of carbonyl (C=O) groups is 1. The Morgan fingerprint density at radius 1 is 0.385 bits per heavy atom. The van der Waals surface area contributed by atoms with Gasteiger partial charge in [0.05, 0.1) is 13.2 Å². The summed E-state index contributed by atoms with van der Waals surface area (Å²) in [7, 11) is 0. The first-order valence-electron chi connectivity index (χ1n) is 24.1. The van der Waals surface area contributed by atoms with Crippen LogP contribution in [-0.4, -0.2) is 37.0 Å². The van der Waals surface area contributed by atoms with Gasteiger partial charge < -0.3 is 14.6 Å². The monoisotopic (exact) mass is 737 g/mol. The lowest BCUT2D eigenvalue weighted by molar-refractivity contribution is -0.154. The molecule has 4 heteroatoms. The van der Waals surface area contributed by atoms with Crippen LogP contribution in [0.25, 0.3) is 0 Å². The number of carbonyl (C=O) groups excluding carboxylic acids is 1. The topological polar surface area (TPSA) is 55.8 Å². The molecule has 0 fully saturated rings. The maximum Gasteiger partial charge on any atom is 0.306 e. The summed E-state index contributed by atoms with van der Waals surface area (Å²) in [5.74, 6) is -0.191. The predicted molar refractivity (Wildman–Crippen MR) is 228 cm³/mol. The van der Waals surface area contributed by atoms with Gasteiger partial charge in [-0.2, -0.15) is 0 Å². The lowest BCUT2D eigenvalue weighted by Gasteiger charge is -2.16. The zero-order valence-electron chi connectivity index (χ0n) is 35.9. The molecular formula is C48H96O4. The highest BCUT2D eigenvalue weighted by Crippen LogP contribution is 2.17. The van der Waals surface area contributed by atoms with Gasteiger partial charge in [-0.15, -0.1) is 0 Å². The van der Waals surface area contributed by atoms with Crippen LogP contribution in [0.1, 0.15) is 277 Å². The quantitative estimate of drug-likeness (QED) is 0.0499. The van der Waals surface area contributed by atoms with Crippen molar-refractivity contribution in [1.29, 1.82) is 0 Å². The van der Waals surface area contributed by atoms with Crippen LogP contribution >= 0.6 is 0 Å². The van der Waals surface area contributed by atoms with Crippen LogP contribution in [0, 0.1) is 0 Å². The molecule has 0 amide bonds. The third-order valence-corrected chi connectivity index (χ3v) is 11.2. The molecule has 0 saturated carbocycles. The van der Waals surface area contributed by atoms with Crippen LogP contribution < -0.4 is 0 Å². The maximum absolute atomic E-state index is 12.2. The third kappa shape index (κ3) is 43.8. The van der Waals surface area contributed by atoms with Crippen LogP contribution in [0.2, 0.25) is 0 Å². The first-order chi connectivity index (χ1) is 25.7. The molecule has 0 bridgehead atoms. The van der Waals surface area contributed by atoms with Gasteiger partial charge >= 0.3 is 5.97 Å². The number of esters is 1. The highest BCUT2D eigenvalue weighted by atomic mass is 16.6. The summed E-state index contributed by atoms with van der Waals surface area (Å²) in [6.45, 7) is 5.42. The van der Waals surface area contributed by atoms with Crippen molar-refractivity contribution in [2.45, 2.75) is 283 Å². The second-order valence-electron chi connectivity index (χ2n) is 16.6. The molecule has 0 aromatic carbocycles. The van der Waals surface area contributed by atoms with Crippen LogP contribution in [0.5, 0.6) is 0 Å². The van der Waals surface area contributed by atoms with E-state index in [4.69, 9.17) is 9.47 Å². The molecule has 0 aromatic heterocycles. The fraction of sp³-hybridized carbons (Fsp3) is 0.979. The van der Waals surface area contributed by atoms with Crippen LogP contribution in [-0.2, 0) is 14.3 Å². The van der Waals surface area contributed by atoms with Crippen LogP contribution in [0.4, 0.5) is 0 Å². The van der Waals surface area contributed by atoms with E-state index >= 15 is 0 Å². The summed E-state index contributed by atoms with van der Waals surface area (Å²) in [6.07, 6.45) is 54.7. The van der Waals surface area contributed by atoms with Crippen molar-refractivity contribution in [2.24, 2.45) is 0 Å². The fourth-order valence-electron chi connectivity index (χ4n) is 7.57. The zero-order chi connectivity index (χ0) is 37.7. The van der Waals surface area contributed by atoms with Gasteiger partial charge in [-0.25, -0.2) is 0 Å². The first kappa shape index (κ1) is 51.4. The Labute approximate surface area is 327 Å². The molecule has 1 N–H and O–H groups in total. The minimum absolute atomic E-state index is 0.163. The normalized spacial score (nSPS) is 12.1. The largest absolute Gasteiger partial charge is 0.457 e. The standard InChI is InChI=1S/C48H96O4/c1-3-5-7-9-11-13-15-17-19-21-22-23-24-25-26-28-30-32-34-36-38-40-42-44-51-46-47(45-49)52-48(50)43-41-39-37-35-33-31-29-27-20-18-16-14-12-10-8-6-4-2/h47,49H,3-46H2,1-2H3. The highest BCUT2D eigenvalue weighted by Gasteiger charge is 2.13. The SMILES string of the molecule is CCCCCCCCCCCCCCCCCCCCCCCCCOCC(CO)OC(=O)CCCCCCCCCCCCCCCCCCC. The van der Waals surface area contributed by atoms with Gasteiger partial charge in [0.1, 0.15) is 6.10 Å². The van der Waals surface area contributed by atoms with E-state index in [1.807, 2.05) is 0 Å². The van der Waals surface area contributed by atoms with E-state index in [0.29, 0.717) is 19.6 Å². The lowest BCUT2D eigenvalue weighted by atomic mass is 10.0. The molecule has 0 saturated heterocycles. The summed E-state index contributed by atoms with van der Waals surface area (Å²) >= 11 is 0. The van der Waals surface area contributed by atoms with E-state index in [1.54, 1.807) is 0 Å².